The average molecular weight is 610 g/mol. The number of hydrogen-bond donors (Lipinski definition) is 2. The molecule has 44 heavy (non-hydrogen) atoms. The van der Waals surface area contributed by atoms with Crippen molar-refractivity contribution in [3.05, 3.63) is 92.9 Å². The summed E-state index contributed by atoms with van der Waals surface area (Å²) in [7, 11) is 1.58. The van der Waals surface area contributed by atoms with Crippen LogP contribution in [0.5, 0.6) is 11.5 Å². The lowest BCUT2D eigenvalue weighted by molar-refractivity contribution is -0.241. The fourth-order valence-corrected chi connectivity index (χ4v) is 6.64. The molecule has 1 aromatic heterocycles. The second kappa shape index (κ2) is 11.0. The third kappa shape index (κ3) is 4.71. The van der Waals surface area contributed by atoms with Gasteiger partial charge in [-0.2, -0.15) is 5.06 Å². The number of benzene rings is 2. The molecule has 2 aromatic carbocycles. The second-order valence-electron chi connectivity index (χ2n) is 11.6. The Balaban J connectivity index is 1.52. The van der Waals surface area contributed by atoms with E-state index in [2.05, 4.69) is 4.90 Å². The summed E-state index contributed by atoms with van der Waals surface area (Å²) < 4.78 is 35.3. The van der Waals surface area contributed by atoms with Crippen molar-refractivity contribution in [1.29, 1.82) is 0 Å². The van der Waals surface area contributed by atoms with E-state index in [1.54, 1.807) is 17.1 Å². The maximum Gasteiger partial charge on any atom is 0.274 e. The number of nitrogens with two attached hydrogens (primary N) is 1. The molecule has 11 nitrogen and oxygen atoms in total. The molecule has 3 aliphatic rings. The molecule has 13 heteroatoms. The van der Waals surface area contributed by atoms with Gasteiger partial charge in [0, 0.05) is 37.0 Å². The lowest BCUT2D eigenvalue weighted by atomic mass is 9.93. The van der Waals surface area contributed by atoms with Crippen molar-refractivity contribution in [2.45, 2.75) is 63.8 Å². The maximum atomic E-state index is 14.8. The van der Waals surface area contributed by atoms with Crippen LogP contribution < -0.4 is 15.9 Å². The van der Waals surface area contributed by atoms with Gasteiger partial charge in [-0.1, -0.05) is 18.2 Å². The Morgan fingerprint density at radius 3 is 2.52 bits per heavy atom. The van der Waals surface area contributed by atoms with Crippen LogP contribution in [0.25, 0.3) is 0 Å². The second-order valence-corrected chi connectivity index (χ2v) is 11.6. The Bertz CT molecular complexity index is 1700. The van der Waals surface area contributed by atoms with Crippen LogP contribution in [0.3, 0.4) is 0 Å². The van der Waals surface area contributed by atoms with Crippen molar-refractivity contribution in [2.75, 3.05) is 13.7 Å². The zero-order chi connectivity index (χ0) is 31.5. The first-order valence-electron chi connectivity index (χ1n) is 14.3. The molecule has 1 spiro atoms. The Kier molecular flexibility index (Phi) is 7.42. The van der Waals surface area contributed by atoms with Gasteiger partial charge in [-0.05, 0) is 50.5 Å². The van der Waals surface area contributed by atoms with Crippen LogP contribution in [-0.4, -0.2) is 67.9 Å². The summed E-state index contributed by atoms with van der Waals surface area (Å²) >= 11 is 0. The molecule has 232 valence electrons. The molecule has 4 heterocycles. The predicted molar refractivity (Wildman–Crippen MR) is 153 cm³/mol. The smallest absolute Gasteiger partial charge is 0.274 e. The number of fused-ring (bicyclic) bond motifs is 5. The summed E-state index contributed by atoms with van der Waals surface area (Å²) in [5.74, 6) is -3.18. The Labute approximate surface area is 251 Å². The van der Waals surface area contributed by atoms with Gasteiger partial charge in [0.05, 0.1) is 25.9 Å². The molecular formula is C31H33F2N5O6. The molecule has 0 aliphatic carbocycles. The van der Waals surface area contributed by atoms with Gasteiger partial charge in [0.25, 0.3) is 11.8 Å². The minimum atomic E-state index is -1.20. The summed E-state index contributed by atoms with van der Waals surface area (Å²) in [5.41, 5.74) is 3.69. The molecular weight excluding hydrogens is 576 g/mol. The molecule has 1 unspecified atom stereocenters. The highest BCUT2D eigenvalue weighted by Gasteiger charge is 2.60. The number of carbonyl (C=O) groups excluding carboxylic acids is 2. The van der Waals surface area contributed by atoms with Gasteiger partial charge in [-0.3, -0.25) is 24.1 Å². The largest absolute Gasteiger partial charge is 0.503 e. The van der Waals surface area contributed by atoms with Crippen LogP contribution in [-0.2, 0) is 17.9 Å². The molecule has 2 bridgehead atoms. The highest BCUT2D eigenvalue weighted by atomic mass is 19.1. The lowest BCUT2D eigenvalue weighted by Gasteiger charge is -2.46. The summed E-state index contributed by atoms with van der Waals surface area (Å²) in [4.78, 5) is 49.3. The van der Waals surface area contributed by atoms with E-state index in [1.807, 2.05) is 38.1 Å². The number of nitrogens with zero attached hydrogens (tertiary/aromatic N) is 4. The monoisotopic (exact) mass is 609 g/mol. The fourth-order valence-electron chi connectivity index (χ4n) is 6.64. The maximum absolute atomic E-state index is 14.8. The van der Waals surface area contributed by atoms with Gasteiger partial charge >= 0.3 is 0 Å². The highest BCUT2D eigenvalue weighted by Crippen LogP contribution is 2.49. The zero-order valence-electron chi connectivity index (χ0n) is 24.5. The number of pyridine rings is 1. The number of halogens is 2. The Morgan fingerprint density at radius 1 is 1.14 bits per heavy atom. The first-order chi connectivity index (χ1) is 20.9. The first-order valence-corrected chi connectivity index (χ1v) is 14.3. The standard InChI is InChI=1S/C31H33F2N5O6/c1-17-10-11-31(25-16-35(17)30(42)26-28(40)27(39)23(29(34)41)15-36(25)26)37(13-19-4-8-22(43-3)9-5-19)18(2)38(44-31)14-20-6-7-21(32)12-24(20)33/h4-9,12,15,17-18,25,40H,10-11,13-14,16H2,1-3H3,(H2,34,41)/t17-,18?,25+,31+/m0/s1. The van der Waals surface area contributed by atoms with Crippen molar-refractivity contribution in [3.8, 4) is 11.5 Å². The summed E-state index contributed by atoms with van der Waals surface area (Å²) in [6, 6.07) is 9.86. The third-order valence-electron chi connectivity index (χ3n) is 9.10. The summed E-state index contributed by atoms with van der Waals surface area (Å²) in [6.07, 6.45) is 1.64. The van der Waals surface area contributed by atoms with Gasteiger partial charge in [-0.25, -0.2) is 8.78 Å². The fraction of sp³-hybridized carbons (Fsp3) is 0.387. The molecule has 0 radical (unpaired) electrons. The predicted octanol–water partition coefficient (Wildman–Crippen LogP) is 3.11. The van der Waals surface area contributed by atoms with Crippen molar-refractivity contribution in [2.24, 2.45) is 5.73 Å². The number of hydrogen-bond acceptors (Lipinski definition) is 8. The molecule has 2 amide bonds. The van der Waals surface area contributed by atoms with Gasteiger partial charge in [0.15, 0.2) is 17.2 Å². The molecule has 2 saturated heterocycles. The highest BCUT2D eigenvalue weighted by molar-refractivity contribution is 5.99. The molecule has 4 atom stereocenters. The van der Waals surface area contributed by atoms with E-state index in [0.717, 1.165) is 11.6 Å². The number of aromatic hydroxyl groups is 1. The lowest BCUT2D eigenvalue weighted by Crippen LogP contribution is -2.57. The van der Waals surface area contributed by atoms with Crippen molar-refractivity contribution < 1.29 is 33.1 Å². The molecule has 0 saturated carbocycles. The van der Waals surface area contributed by atoms with Crippen LogP contribution in [0.15, 0.2) is 53.5 Å². The van der Waals surface area contributed by atoms with E-state index in [-0.39, 0.29) is 30.4 Å². The van der Waals surface area contributed by atoms with Gasteiger partial charge in [0.2, 0.25) is 5.43 Å². The van der Waals surface area contributed by atoms with Crippen LogP contribution in [0.2, 0.25) is 0 Å². The molecule has 3 aromatic rings. The van der Waals surface area contributed by atoms with E-state index in [4.69, 9.17) is 15.3 Å². The van der Waals surface area contributed by atoms with Gasteiger partial charge in [0.1, 0.15) is 22.9 Å². The number of primary amides is 1. The molecule has 6 rings (SSSR count). The minimum Gasteiger partial charge on any atom is -0.503 e. The van der Waals surface area contributed by atoms with E-state index >= 15 is 0 Å². The SMILES string of the molecule is COc1ccc(CN2C(C)N(Cc3ccc(F)cc3F)O[C@@]23CC[C@H](C)N2C[C@H]3n3cc(C(N)=O)c(=O)c(O)c3C2=O)cc1. The van der Waals surface area contributed by atoms with Crippen molar-refractivity contribution in [3.63, 3.8) is 0 Å². The summed E-state index contributed by atoms with van der Waals surface area (Å²) in [5, 5.41) is 12.6. The number of aromatic nitrogens is 1. The van der Waals surface area contributed by atoms with Crippen LogP contribution >= 0.6 is 0 Å². The molecule has 2 fully saturated rings. The van der Waals surface area contributed by atoms with Crippen molar-refractivity contribution in [1.82, 2.24) is 19.4 Å². The first kappa shape index (κ1) is 29.7. The van der Waals surface area contributed by atoms with E-state index in [0.29, 0.717) is 25.1 Å². The Hall–Kier alpha value is -4.33. The quantitative estimate of drug-likeness (QED) is 0.436. The van der Waals surface area contributed by atoms with Crippen LogP contribution in [0.4, 0.5) is 8.78 Å². The molecule has 3 N–H and O–H groups in total. The van der Waals surface area contributed by atoms with Gasteiger partial charge < -0.3 is 25.0 Å². The number of rotatable bonds is 6. The van der Waals surface area contributed by atoms with Crippen molar-refractivity contribution >= 4 is 11.8 Å². The normalized spacial score (nSPS) is 25.2. The zero-order valence-corrected chi connectivity index (χ0v) is 24.5. The number of methoxy groups -OCH3 is 1. The Morgan fingerprint density at radius 2 is 1.86 bits per heavy atom. The number of hydroxylamine groups is 2. The minimum absolute atomic E-state index is 0.0200. The topological polar surface area (TPSA) is 131 Å². The van der Waals surface area contributed by atoms with Crippen LogP contribution in [0, 0.1) is 11.6 Å². The van der Waals surface area contributed by atoms with E-state index in [9.17, 15) is 28.3 Å². The number of ether oxygens (including phenoxy) is 1. The number of amides is 2. The average Bonchev–Trinajstić information content (AvgIpc) is 3.17. The molecule has 3 aliphatic heterocycles. The van der Waals surface area contributed by atoms with E-state index < -0.39 is 58.1 Å². The summed E-state index contributed by atoms with van der Waals surface area (Å²) in [6.45, 7) is 4.26. The number of carbonyl (C=O) groups is 2. The van der Waals surface area contributed by atoms with Gasteiger partial charge in [-0.15, -0.1) is 0 Å². The third-order valence-corrected chi connectivity index (χ3v) is 9.10. The van der Waals surface area contributed by atoms with Crippen LogP contribution in [0.1, 0.15) is 64.7 Å². The van der Waals surface area contributed by atoms with E-state index in [1.165, 1.54) is 22.9 Å².